The van der Waals surface area contributed by atoms with E-state index >= 15 is 0 Å². The lowest BCUT2D eigenvalue weighted by molar-refractivity contribution is 0.144. The van der Waals surface area contributed by atoms with Gasteiger partial charge in [0, 0.05) is 11.0 Å². The summed E-state index contributed by atoms with van der Waals surface area (Å²) in [6, 6.07) is 6.03. The summed E-state index contributed by atoms with van der Waals surface area (Å²) in [5, 5.41) is 0. The normalized spacial score (nSPS) is 10.4. The highest BCUT2D eigenvalue weighted by Crippen LogP contribution is 2.23. The first-order chi connectivity index (χ1) is 7.77. The van der Waals surface area contributed by atoms with Crippen molar-refractivity contribution < 1.29 is 9.47 Å². The van der Waals surface area contributed by atoms with Crippen molar-refractivity contribution in [3.63, 3.8) is 0 Å². The van der Waals surface area contributed by atoms with Crippen LogP contribution >= 0.6 is 15.9 Å². The van der Waals surface area contributed by atoms with Crippen LogP contribution in [0.5, 0.6) is 5.75 Å². The summed E-state index contributed by atoms with van der Waals surface area (Å²) in [6.45, 7) is 4.51. The van der Waals surface area contributed by atoms with Crippen molar-refractivity contribution >= 4 is 15.9 Å². The quantitative estimate of drug-likeness (QED) is 0.783. The Morgan fingerprint density at radius 3 is 2.81 bits per heavy atom. The molecule has 0 spiro atoms. The van der Waals surface area contributed by atoms with Crippen LogP contribution in [0.3, 0.4) is 0 Å². The molecule has 3 nitrogen and oxygen atoms in total. The maximum Gasteiger partial charge on any atom is 0.122 e. The second-order valence-electron chi connectivity index (χ2n) is 3.34. The fourth-order valence-corrected chi connectivity index (χ4v) is 1.82. The smallest absolute Gasteiger partial charge is 0.122 e. The largest absolute Gasteiger partial charge is 0.494 e. The number of rotatable bonds is 7. The van der Waals surface area contributed by atoms with E-state index in [-0.39, 0.29) is 0 Å². The van der Waals surface area contributed by atoms with Gasteiger partial charge in [-0.3, -0.25) is 0 Å². The molecule has 0 fully saturated rings. The zero-order valence-corrected chi connectivity index (χ0v) is 11.1. The van der Waals surface area contributed by atoms with Gasteiger partial charge in [-0.25, -0.2) is 0 Å². The Balaban J connectivity index is 2.57. The molecule has 0 heterocycles. The molecule has 0 aliphatic carbocycles. The van der Waals surface area contributed by atoms with Gasteiger partial charge in [0.15, 0.2) is 0 Å². The molecule has 0 radical (unpaired) electrons. The molecule has 0 atom stereocenters. The predicted molar refractivity (Wildman–Crippen MR) is 68.9 cm³/mol. The number of hydrogen-bond donors (Lipinski definition) is 1. The topological polar surface area (TPSA) is 44.5 Å². The SMILES string of the molecule is CCOc1ccc(Br)cc1CCOCCN. The summed E-state index contributed by atoms with van der Waals surface area (Å²) >= 11 is 3.45. The van der Waals surface area contributed by atoms with E-state index < -0.39 is 0 Å². The first-order valence-corrected chi connectivity index (χ1v) is 6.26. The molecule has 2 N–H and O–H groups in total. The highest BCUT2D eigenvalue weighted by Gasteiger charge is 2.04. The standard InChI is InChI=1S/C12H18BrNO2/c1-2-16-12-4-3-11(13)9-10(12)5-7-15-8-6-14/h3-4,9H,2,5-8,14H2,1H3. The predicted octanol–water partition coefficient (Wildman–Crippen LogP) is 2.37. The van der Waals surface area contributed by atoms with E-state index in [1.807, 2.05) is 19.1 Å². The van der Waals surface area contributed by atoms with Crippen LogP contribution < -0.4 is 10.5 Å². The van der Waals surface area contributed by atoms with E-state index in [0.29, 0.717) is 26.4 Å². The fourth-order valence-electron chi connectivity index (χ4n) is 1.41. The number of ether oxygens (including phenoxy) is 2. The van der Waals surface area contributed by atoms with Crippen LogP contribution in [0.1, 0.15) is 12.5 Å². The summed E-state index contributed by atoms with van der Waals surface area (Å²) in [5.74, 6) is 0.932. The Morgan fingerprint density at radius 1 is 1.31 bits per heavy atom. The molecule has 16 heavy (non-hydrogen) atoms. The van der Waals surface area contributed by atoms with Crippen LogP contribution in [0, 0.1) is 0 Å². The van der Waals surface area contributed by atoms with Gasteiger partial charge < -0.3 is 15.2 Å². The molecule has 0 aliphatic heterocycles. The molecule has 0 saturated heterocycles. The van der Waals surface area contributed by atoms with Crippen LogP contribution in [0.4, 0.5) is 0 Å². The molecule has 0 bridgehead atoms. The summed E-state index contributed by atoms with van der Waals surface area (Å²) in [6.07, 6.45) is 0.842. The van der Waals surface area contributed by atoms with Crippen molar-refractivity contribution in [2.24, 2.45) is 5.73 Å². The molecule has 1 aromatic carbocycles. The molecule has 0 aromatic heterocycles. The van der Waals surface area contributed by atoms with Crippen LogP contribution in [0.15, 0.2) is 22.7 Å². The number of hydrogen-bond acceptors (Lipinski definition) is 3. The lowest BCUT2D eigenvalue weighted by Gasteiger charge is -2.10. The number of halogens is 1. The Labute approximate surface area is 105 Å². The lowest BCUT2D eigenvalue weighted by Crippen LogP contribution is -2.10. The maximum absolute atomic E-state index is 5.55. The summed E-state index contributed by atoms with van der Waals surface area (Å²) in [4.78, 5) is 0. The minimum atomic E-state index is 0.566. The van der Waals surface area contributed by atoms with Crippen LogP contribution in [-0.2, 0) is 11.2 Å². The van der Waals surface area contributed by atoms with Gasteiger partial charge in [0.1, 0.15) is 5.75 Å². The van der Waals surface area contributed by atoms with E-state index in [4.69, 9.17) is 15.2 Å². The average molecular weight is 288 g/mol. The molecule has 4 heteroatoms. The molecule has 90 valence electrons. The zero-order valence-electron chi connectivity index (χ0n) is 9.54. The van der Waals surface area contributed by atoms with Gasteiger partial charge in [0.25, 0.3) is 0 Å². The van der Waals surface area contributed by atoms with E-state index in [1.54, 1.807) is 0 Å². The second-order valence-corrected chi connectivity index (χ2v) is 4.25. The fraction of sp³-hybridized carbons (Fsp3) is 0.500. The van der Waals surface area contributed by atoms with Gasteiger partial charge in [-0.15, -0.1) is 0 Å². The highest BCUT2D eigenvalue weighted by molar-refractivity contribution is 9.10. The van der Waals surface area contributed by atoms with Gasteiger partial charge in [-0.05, 0) is 37.1 Å². The van der Waals surface area contributed by atoms with Gasteiger partial charge >= 0.3 is 0 Å². The monoisotopic (exact) mass is 287 g/mol. The van der Waals surface area contributed by atoms with Gasteiger partial charge in [0.2, 0.25) is 0 Å². The Morgan fingerprint density at radius 2 is 2.12 bits per heavy atom. The van der Waals surface area contributed by atoms with Crippen molar-refractivity contribution in [1.82, 2.24) is 0 Å². The first kappa shape index (κ1) is 13.5. The molecular weight excluding hydrogens is 270 g/mol. The van der Waals surface area contributed by atoms with Crippen LogP contribution in [0.25, 0.3) is 0 Å². The first-order valence-electron chi connectivity index (χ1n) is 5.47. The molecular formula is C12H18BrNO2. The van der Waals surface area contributed by atoms with E-state index in [0.717, 1.165) is 22.2 Å². The lowest BCUT2D eigenvalue weighted by atomic mass is 10.1. The van der Waals surface area contributed by atoms with Gasteiger partial charge in [0.05, 0.1) is 19.8 Å². The van der Waals surface area contributed by atoms with Crippen molar-refractivity contribution in [2.45, 2.75) is 13.3 Å². The summed E-state index contributed by atoms with van der Waals surface area (Å²) in [7, 11) is 0. The van der Waals surface area contributed by atoms with E-state index in [2.05, 4.69) is 22.0 Å². The molecule has 0 unspecified atom stereocenters. The van der Waals surface area contributed by atoms with Gasteiger partial charge in [-0.1, -0.05) is 15.9 Å². The Kier molecular flexibility index (Phi) is 6.45. The zero-order chi connectivity index (χ0) is 11.8. The molecule has 0 amide bonds. The minimum Gasteiger partial charge on any atom is -0.494 e. The molecule has 0 aliphatic rings. The van der Waals surface area contributed by atoms with Crippen molar-refractivity contribution in [3.05, 3.63) is 28.2 Å². The minimum absolute atomic E-state index is 0.566. The Bertz CT molecular complexity index is 318. The van der Waals surface area contributed by atoms with E-state index in [1.165, 1.54) is 0 Å². The van der Waals surface area contributed by atoms with Crippen LogP contribution in [-0.4, -0.2) is 26.4 Å². The van der Waals surface area contributed by atoms with Crippen molar-refractivity contribution in [1.29, 1.82) is 0 Å². The Hall–Kier alpha value is -0.580. The number of nitrogens with two attached hydrogens (primary N) is 1. The average Bonchev–Trinajstić information content (AvgIpc) is 2.28. The summed E-state index contributed by atoms with van der Waals surface area (Å²) in [5.41, 5.74) is 6.51. The molecule has 1 rings (SSSR count). The number of benzene rings is 1. The van der Waals surface area contributed by atoms with E-state index in [9.17, 15) is 0 Å². The van der Waals surface area contributed by atoms with Gasteiger partial charge in [-0.2, -0.15) is 0 Å². The maximum atomic E-state index is 5.55. The van der Waals surface area contributed by atoms with Crippen molar-refractivity contribution in [2.75, 3.05) is 26.4 Å². The third-order valence-electron chi connectivity index (χ3n) is 2.10. The third kappa shape index (κ3) is 4.51. The third-order valence-corrected chi connectivity index (χ3v) is 2.59. The van der Waals surface area contributed by atoms with Crippen LogP contribution in [0.2, 0.25) is 0 Å². The molecule has 1 aromatic rings. The molecule has 0 saturated carbocycles. The summed E-state index contributed by atoms with van der Waals surface area (Å²) < 4.78 is 12.0. The highest BCUT2D eigenvalue weighted by atomic mass is 79.9. The van der Waals surface area contributed by atoms with Crippen molar-refractivity contribution in [3.8, 4) is 5.75 Å². The second kappa shape index (κ2) is 7.65.